The Morgan fingerprint density at radius 1 is 1.00 bits per heavy atom. The van der Waals surface area contributed by atoms with Crippen LogP contribution in [-0.2, 0) is 30.5 Å². The van der Waals surface area contributed by atoms with Gasteiger partial charge in [-0.1, -0.05) is 26.8 Å². The number of aliphatic hydroxyl groups is 2. The van der Waals surface area contributed by atoms with Gasteiger partial charge in [-0.25, -0.2) is 0 Å². The third-order valence-electron chi connectivity index (χ3n) is 9.20. The van der Waals surface area contributed by atoms with Crippen LogP contribution >= 0.6 is 0 Å². The summed E-state index contributed by atoms with van der Waals surface area (Å²) in [7, 11) is 0. The highest BCUT2D eigenvalue weighted by Crippen LogP contribution is 2.34. The summed E-state index contributed by atoms with van der Waals surface area (Å²) < 4.78 is 16.8. The SMILES string of the molecule is CC(C)(C)CC(=O)N1CCN2C[C@H]1C(=O)NC[C@H]1O[C@@H](CC(=O)N[C@H]3C[C@@H](C2=O)N(Cc2ccc4c(c2)OCO4)C3)[C@H](O)[C@@H]1O. The molecule has 0 aromatic heterocycles. The Labute approximate surface area is 261 Å². The summed E-state index contributed by atoms with van der Waals surface area (Å²) >= 11 is 0. The number of hydrogen-bond acceptors (Lipinski definition) is 10. The fourth-order valence-corrected chi connectivity index (χ4v) is 6.94. The van der Waals surface area contributed by atoms with Crippen molar-refractivity contribution in [1.82, 2.24) is 25.3 Å². The van der Waals surface area contributed by atoms with E-state index in [4.69, 9.17) is 14.2 Å². The molecule has 0 radical (unpaired) electrons. The molecule has 5 aliphatic rings. The molecule has 5 heterocycles. The first-order valence-corrected chi connectivity index (χ1v) is 15.7. The van der Waals surface area contributed by atoms with Gasteiger partial charge < -0.3 is 44.9 Å². The number of carbonyl (C=O) groups excluding carboxylic acids is 4. The molecule has 0 unspecified atom stereocenters. The van der Waals surface area contributed by atoms with Gasteiger partial charge in [-0.2, -0.15) is 0 Å². The van der Waals surface area contributed by atoms with E-state index in [0.717, 1.165) is 5.56 Å². The Morgan fingerprint density at radius 2 is 1.76 bits per heavy atom. The average molecular weight is 630 g/mol. The van der Waals surface area contributed by atoms with Crippen molar-refractivity contribution in [3.05, 3.63) is 23.8 Å². The molecule has 4 N–H and O–H groups in total. The third-order valence-corrected chi connectivity index (χ3v) is 9.20. The minimum Gasteiger partial charge on any atom is -0.454 e. The van der Waals surface area contributed by atoms with Crippen LogP contribution in [0.3, 0.4) is 0 Å². The van der Waals surface area contributed by atoms with Crippen molar-refractivity contribution in [1.29, 1.82) is 0 Å². The van der Waals surface area contributed by atoms with Crippen molar-refractivity contribution in [2.75, 3.05) is 39.5 Å². The van der Waals surface area contributed by atoms with Gasteiger partial charge >= 0.3 is 0 Å². The number of aliphatic hydroxyl groups excluding tert-OH is 2. The van der Waals surface area contributed by atoms with Crippen LogP contribution in [0.4, 0.5) is 0 Å². The number of benzene rings is 1. The largest absolute Gasteiger partial charge is 0.454 e. The number of hydrogen-bond donors (Lipinski definition) is 4. The Morgan fingerprint density at radius 3 is 2.53 bits per heavy atom. The van der Waals surface area contributed by atoms with Gasteiger partial charge in [0.25, 0.3) is 0 Å². The second-order valence-electron chi connectivity index (χ2n) is 13.9. The molecule has 246 valence electrons. The highest BCUT2D eigenvalue weighted by atomic mass is 16.7. The van der Waals surface area contributed by atoms with Gasteiger partial charge in [0.05, 0.1) is 25.1 Å². The Balaban J connectivity index is 1.28. The smallest absolute Gasteiger partial charge is 0.244 e. The van der Waals surface area contributed by atoms with Gasteiger partial charge in [0.1, 0.15) is 24.4 Å². The van der Waals surface area contributed by atoms with E-state index in [9.17, 15) is 29.4 Å². The summed E-state index contributed by atoms with van der Waals surface area (Å²) in [5, 5.41) is 27.0. The molecule has 1 aromatic carbocycles. The lowest BCUT2D eigenvalue weighted by molar-refractivity contribution is -0.151. The van der Waals surface area contributed by atoms with Crippen LogP contribution in [0, 0.1) is 5.41 Å². The molecule has 14 nitrogen and oxygen atoms in total. The third kappa shape index (κ3) is 6.74. The molecule has 7 atom stereocenters. The number of rotatable bonds is 3. The molecule has 4 saturated heterocycles. The summed E-state index contributed by atoms with van der Waals surface area (Å²) in [6.45, 7) is 7.14. The first kappa shape index (κ1) is 31.5. The molecule has 1 aromatic rings. The van der Waals surface area contributed by atoms with Crippen LogP contribution in [0.5, 0.6) is 11.5 Å². The predicted molar refractivity (Wildman–Crippen MR) is 158 cm³/mol. The maximum atomic E-state index is 14.2. The maximum Gasteiger partial charge on any atom is 0.244 e. The van der Waals surface area contributed by atoms with Crippen molar-refractivity contribution in [2.45, 2.75) is 89.1 Å². The van der Waals surface area contributed by atoms with E-state index in [1.54, 1.807) is 9.80 Å². The Kier molecular flexibility index (Phi) is 8.67. The lowest BCUT2D eigenvalue weighted by Gasteiger charge is -2.42. The molecule has 4 amide bonds. The second-order valence-corrected chi connectivity index (χ2v) is 13.9. The fourth-order valence-electron chi connectivity index (χ4n) is 6.94. The van der Waals surface area contributed by atoms with Crippen LogP contribution in [0.1, 0.15) is 45.6 Å². The van der Waals surface area contributed by atoms with Crippen molar-refractivity contribution >= 4 is 23.6 Å². The number of amides is 4. The number of likely N-dealkylation sites (tertiary alicyclic amines) is 1. The highest BCUT2D eigenvalue weighted by Gasteiger charge is 2.47. The van der Waals surface area contributed by atoms with Crippen LogP contribution in [0.2, 0.25) is 0 Å². The standard InChI is InChI=1S/C31H43N5O9/c1-31(2,3)11-26(38)36-7-6-34-15-20(36)29(41)32-12-24-28(40)27(39)23(45-24)10-25(37)33-18-9-19(30(34)42)35(14-18)13-17-4-5-21-22(8-17)44-16-43-21/h4-5,8,18-20,23-24,27-28,39-40H,6-7,9-16H2,1-3H3,(H,32,41)(H,33,37)/t18-,19-,20-,23-,24+,27-,28+/m0/s1. The van der Waals surface area contributed by atoms with Crippen LogP contribution in [-0.4, -0.2) is 131 Å². The molecule has 5 aliphatic heterocycles. The molecule has 6 bridgehead atoms. The number of piperazine rings is 1. The minimum absolute atomic E-state index is 0.00522. The zero-order chi connectivity index (χ0) is 32.0. The first-order chi connectivity index (χ1) is 21.4. The molecular weight excluding hydrogens is 586 g/mol. The summed E-state index contributed by atoms with van der Waals surface area (Å²) in [6.07, 6.45) is -4.15. The van der Waals surface area contributed by atoms with E-state index in [-0.39, 0.29) is 75.0 Å². The summed E-state index contributed by atoms with van der Waals surface area (Å²) in [5.74, 6) is 0.0945. The van der Waals surface area contributed by atoms with Gasteiger partial charge in [0, 0.05) is 45.2 Å². The molecule has 45 heavy (non-hydrogen) atoms. The molecule has 14 heteroatoms. The number of carbonyl (C=O) groups is 4. The van der Waals surface area contributed by atoms with Crippen molar-refractivity contribution in [3.8, 4) is 11.5 Å². The Hall–Kier alpha value is -3.46. The zero-order valence-electron chi connectivity index (χ0n) is 25.9. The normalized spacial score (nSPS) is 32.5. The molecule has 6 rings (SSSR count). The van der Waals surface area contributed by atoms with E-state index in [1.165, 1.54) is 0 Å². The van der Waals surface area contributed by atoms with E-state index in [2.05, 4.69) is 10.6 Å². The number of fused-ring (bicyclic) bond motifs is 7. The number of nitrogens with zero attached hydrogens (tertiary/aromatic N) is 3. The zero-order valence-corrected chi connectivity index (χ0v) is 25.9. The average Bonchev–Trinajstić information content (AvgIpc) is 3.68. The fraction of sp³-hybridized carbons (Fsp3) is 0.677. The topological polar surface area (TPSA) is 170 Å². The van der Waals surface area contributed by atoms with Crippen molar-refractivity contribution in [3.63, 3.8) is 0 Å². The second kappa shape index (κ2) is 12.4. The number of nitrogens with one attached hydrogen (secondary N) is 2. The lowest BCUT2D eigenvalue weighted by atomic mass is 9.91. The monoisotopic (exact) mass is 629 g/mol. The maximum absolute atomic E-state index is 14.2. The van der Waals surface area contributed by atoms with Crippen LogP contribution in [0.15, 0.2) is 18.2 Å². The lowest BCUT2D eigenvalue weighted by Crippen LogP contribution is -2.63. The van der Waals surface area contributed by atoms with Crippen LogP contribution in [0.25, 0.3) is 0 Å². The van der Waals surface area contributed by atoms with Gasteiger partial charge in [0.2, 0.25) is 30.4 Å². The van der Waals surface area contributed by atoms with E-state index in [1.807, 2.05) is 43.9 Å². The molecular formula is C31H43N5O9. The first-order valence-electron chi connectivity index (χ1n) is 15.7. The molecule has 0 saturated carbocycles. The van der Waals surface area contributed by atoms with Crippen molar-refractivity contribution < 1.29 is 43.6 Å². The van der Waals surface area contributed by atoms with Crippen LogP contribution < -0.4 is 20.1 Å². The minimum atomic E-state index is -1.32. The Bertz CT molecular complexity index is 1330. The quantitative estimate of drug-likeness (QED) is 0.324. The van der Waals surface area contributed by atoms with Gasteiger partial charge in [-0.15, -0.1) is 0 Å². The molecule has 4 fully saturated rings. The van der Waals surface area contributed by atoms with Gasteiger partial charge in [0.15, 0.2) is 11.5 Å². The van der Waals surface area contributed by atoms with Crippen molar-refractivity contribution in [2.24, 2.45) is 5.41 Å². The summed E-state index contributed by atoms with van der Waals surface area (Å²) in [5.41, 5.74) is 0.608. The van der Waals surface area contributed by atoms with E-state index in [0.29, 0.717) is 31.0 Å². The predicted octanol–water partition coefficient (Wildman–Crippen LogP) is -1.04. The summed E-state index contributed by atoms with van der Waals surface area (Å²) in [4.78, 5) is 59.5. The summed E-state index contributed by atoms with van der Waals surface area (Å²) in [6, 6.07) is 3.73. The number of ether oxygens (including phenoxy) is 3. The molecule has 0 spiro atoms. The van der Waals surface area contributed by atoms with E-state index >= 15 is 0 Å². The molecule has 0 aliphatic carbocycles. The van der Waals surface area contributed by atoms with Gasteiger partial charge in [-0.05, 0) is 29.5 Å². The highest BCUT2D eigenvalue weighted by molar-refractivity contribution is 5.90. The van der Waals surface area contributed by atoms with Gasteiger partial charge in [-0.3, -0.25) is 24.1 Å². The van der Waals surface area contributed by atoms with E-state index < -0.39 is 42.4 Å².